The quantitative estimate of drug-likeness (QED) is 0.346. The molecule has 3 N–H and O–H groups in total. The third kappa shape index (κ3) is 4.86. The van der Waals surface area contributed by atoms with Gasteiger partial charge in [-0.05, 0) is 48.7 Å². The third-order valence-electron chi connectivity index (χ3n) is 5.62. The van der Waals surface area contributed by atoms with Crippen LogP contribution in [0, 0.1) is 6.92 Å². The van der Waals surface area contributed by atoms with Gasteiger partial charge in [-0.15, -0.1) is 0 Å². The molecule has 4 heterocycles. The summed E-state index contributed by atoms with van der Waals surface area (Å²) in [4.78, 5) is 24.6. The smallest absolute Gasteiger partial charge is 0.365 e. The number of anilines is 2. The number of aryl methyl sites for hydroxylation is 1. The number of hydrogen-bond acceptors (Lipinski definition) is 8. The monoisotopic (exact) mass is 502 g/mol. The molecule has 0 radical (unpaired) electrons. The van der Waals surface area contributed by atoms with E-state index < -0.39 is 9.84 Å². The van der Waals surface area contributed by atoms with E-state index in [1.807, 2.05) is 37.3 Å². The molecule has 0 fully saturated rings. The molecule has 0 spiro atoms. The first-order valence-electron chi connectivity index (χ1n) is 11.1. The second-order valence-electron chi connectivity index (χ2n) is 8.32. The van der Waals surface area contributed by atoms with E-state index >= 15 is 0 Å². The Balaban J connectivity index is 1.56. The predicted molar refractivity (Wildman–Crippen MR) is 135 cm³/mol. The number of ether oxygens (including phenoxy) is 1. The molecule has 11 heteroatoms. The molecule has 0 aliphatic carbocycles. The van der Waals surface area contributed by atoms with Crippen LogP contribution in [0.4, 0.5) is 11.5 Å². The molecule has 0 saturated carbocycles. The first-order valence-corrected chi connectivity index (χ1v) is 13.0. The van der Waals surface area contributed by atoms with Crippen LogP contribution in [0.25, 0.3) is 22.4 Å². The summed E-state index contributed by atoms with van der Waals surface area (Å²) in [7, 11) is -1.65. The minimum atomic E-state index is -3.25. The van der Waals surface area contributed by atoms with Crippen molar-refractivity contribution in [2.24, 2.45) is 0 Å². The van der Waals surface area contributed by atoms with Crippen molar-refractivity contribution in [2.45, 2.75) is 18.2 Å². The Bertz CT molecular complexity index is 1650. The summed E-state index contributed by atoms with van der Waals surface area (Å²) in [6, 6.07) is 12.6. The molecule has 0 bridgehead atoms. The number of rotatable bonds is 7. The molecule has 5 rings (SSSR count). The van der Waals surface area contributed by atoms with Gasteiger partial charge < -0.3 is 15.0 Å². The molecular formula is C25H24N7O3S+. The van der Waals surface area contributed by atoms with Crippen molar-refractivity contribution in [3.63, 3.8) is 0 Å². The lowest BCUT2D eigenvalue weighted by Gasteiger charge is -2.13. The number of aromatic nitrogens is 6. The lowest BCUT2D eigenvalue weighted by Crippen LogP contribution is -2.08. The maximum atomic E-state index is 11.8. The van der Waals surface area contributed by atoms with Gasteiger partial charge in [0.05, 0.1) is 24.4 Å². The predicted octanol–water partition coefficient (Wildman–Crippen LogP) is 3.28. The maximum absolute atomic E-state index is 11.8. The Morgan fingerprint density at radius 3 is 2.56 bits per heavy atom. The van der Waals surface area contributed by atoms with Crippen molar-refractivity contribution < 1.29 is 18.1 Å². The summed E-state index contributed by atoms with van der Waals surface area (Å²) >= 11 is 0. The average molecular weight is 503 g/mol. The highest BCUT2D eigenvalue weighted by Crippen LogP contribution is 2.32. The van der Waals surface area contributed by atoms with Crippen molar-refractivity contribution in [3.8, 4) is 17.1 Å². The molecule has 4 aromatic heterocycles. The fourth-order valence-corrected chi connectivity index (χ4v) is 4.49. The standard InChI is InChI=1S/C25H23N7O3S/c1-15-30-22(23-25(31-15)29-14-28-23)20-11-17(10-16-4-7-19(8-5-16)36(3,33)34)12-27-24(20)32-18-6-9-21(35-2)26-13-18/h4-9,11-14H,10H2,1-3H3,(H,27,32)(H,28,29,30,31)/p+1. The molecule has 36 heavy (non-hydrogen) atoms. The van der Waals surface area contributed by atoms with E-state index in [1.165, 1.54) is 6.26 Å². The number of fused-ring (bicyclic) bond motifs is 1. The van der Waals surface area contributed by atoms with Crippen LogP contribution in [0.3, 0.4) is 0 Å². The second-order valence-corrected chi connectivity index (χ2v) is 10.3. The Hall–Kier alpha value is -4.38. The maximum Gasteiger partial charge on any atom is 0.365 e. The number of H-pyrrole nitrogens is 2. The van der Waals surface area contributed by atoms with E-state index in [1.54, 1.807) is 38.0 Å². The first-order chi connectivity index (χ1) is 17.3. The lowest BCUT2D eigenvalue weighted by atomic mass is 10.0. The SMILES string of the molecule is COc1ccc(Nc2ncc(Cc3ccc(S(C)(=O)=O)cc3)cc2-c2nc(C)nc3nc[nH]c23)c[nH+]1. The normalized spacial score (nSPS) is 11.5. The Labute approximate surface area is 207 Å². The molecule has 0 saturated heterocycles. The minimum absolute atomic E-state index is 0.291. The van der Waals surface area contributed by atoms with Gasteiger partial charge in [-0.3, -0.25) is 0 Å². The fraction of sp³-hybridized carbons (Fsp3) is 0.160. The van der Waals surface area contributed by atoms with Crippen molar-refractivity contribution in [2.75, 3.05) is 18.7 Å². The van der Waals surface area contributed by atoms with Gasteiger partial charge in [0.2, 0.25) is 0 Å². The molecule has 1 aromatic carbocycles. The Morgan fingerprint density at radius 1 is 1.06 bits per heavy atom. The number of methoxy groups -OCH3 is 1. The number of nitrogens with zero attached hydrogens (tertiary/aromatic N) is 4. The summed E-state index contributed by atoms with van der Waals surface area (Å²) < 4.78 is 28.8. The third-order valence-corrected chi connectivity index (χ3v) is 6.75. The van der Waals surface area contributed by atoms with Gasteiger partial charge in [0.1, 0.15) is 28.5 Å². The van der Waals surface area contributed by atoms with E-state index in [4.69, 9.17) is 14.7 Å². The summed E-state index contributed by atoms with van der Waals surface area (Å²) in [5, 5.41) is 3.35. The highest BCUT2D eigenvalue weighted by Gasteiger charge is 2.17. The van der Waals surface area contributed by atoms with Gasteiger partial charge in [0, 0.05) is 18.0 Å². The number of nitrogens with one attached hydrogen (secondary N) is 3. The molecule has 182 valence electrons. The molecule has 0 atom stereocenters. The number of imidazole rings is 1. The van der Waals surface area contributed by atoms with Crippen molar-refractivity contribution in [3.05, 3.63) is 78.1 Å². The van der Waals surface area contributed by atoms with Crippen LogP contribution < -0.4 is 15.0 Å². The van der Waals surface area contributed by atoms with Crippen LogP contribution in [0.15, 0.2) is 66.1 Å². The fourth-order valence-electron chi connectivity index (χ4n) is 3.86. The van der Waals surface area contributed by atoms with Gasteiger partial charge >= 0.3 is 5.88 Å². The van der Waals surface area contributed by atoms with E-state index in [-0.39, 0.29) is 0 Å². The summed E-state index contributed by atoms with van der Waals surface area (Å²) in [6.07, 6.45) is 6.94. The molecule has 0 aliphatic heterocycles. The Morgan fingerprint density at radius 2 is 1.86 bits per heavy atom. The van der Waals surface area contributed by atoms with Crippen LogP contribution in [-0.2, 0) is 16.3 Å². The van der Waals surface area contributed by atoms with Crippen molar-refractivity contribution in [1.82, 2.24) is 24.9 Å². The van der Waals surface area contributed by atoms with E-state index in [2.05, 4.69) is 25.3 Å². The van der Waals surface area contributed by atoms with Gasteiger partial charge in [0.25, 0.3) is 0 Å². The zero-order chi connectivity index (χ0) is 25.3. The molecule has 5 aromatic rings. The second kappa shape index (κ2) is 9.34. The summed E-state index contributed by atoms with van der Waals surface area (Å²) in [5.74, 6) is 1.84. The number of pyridine rings is 2. The number of sulfone groups is 1. The van der Waals surface area contributed by atoms with Gasteiger partial charge in [-0.1, -0.05) is 12.1 Å². The first kappa shape index (κ1) is 23.4. The van der Waals surface area contributed by atoms with Crippen LogP contribution >= 0.6 is 0 Å². The van der Waals surface area contributed by atoms with E-state index in [0.29, 0.717) is 45.7 Å². The Kier molecular flexibility index (Phi) is 6.06. The molecule has 0 amide bonds. The van der Waals surface area contributed by atoms with E-state index in [0.717, 1.165) is 22.4 Å². The van der Waals surface area contributed by atoms with Crippen LogP contribution in [-0.4, -0.2) is 46.7 Å². The van der Waals surface area contributed by atoms with Crippen LogP contribution in [0.1, 0.15) is 17.0 Å². The topological polar surface area (TPSA) is 137 Å². The number of hydrogen-bond donors (Lipinski definition) is 2. The molecule has 10 nitrogen and oxygen atoms in total. The number of aromatic amines is 2. The van der Waals surface area contributed by atoms with Gasteiger partial charge in [-0.2, -0.15) is 4.98 Å². The zero-order valence-electron chi connectivity index (χ0n) is 19.9. The summed E-state index contributed by atoms with van der Waals surface area (Å²) in [6.45, 7) is 1.82. The van der Waals surface area contributed by atoms with E-state index in [9.17, 15) is 8.42 Å². The average Bonchev–Trinajstić information content (AvgIpc) is 3.33. The van der Waals surface area contributed by atoms with Crippen LogP contribution in [0.2, 0.25) is 0 Å². The largest absolute Gasteiger partial charge is 0.448 e. The van der Waals surface area contributed by atoms with Crippen LogP contribution in [0.5, 0.6) is 5.88 Å². The molecule has 0 aliphatic rings. The van der Waals surface area contributed by atoms with Crippen molar-refractivity contribution >= 4 is 32.5 Å². The summed E-state index contributed by atoms with van der Waals surface area (Å²) in [5.41, 5.74) is 5.43. The highest BCUT2D eigenvalue weighted by molar-refractivity contribution is 7.90. The minimum Gasteiger partial charge on any atom is -0.448 e. The molecule has 0 unspecified atom stereocenters. The lowest BCUT2D eigenvalue weighted by molar-refractivity contribution is -0.392. The van der Waals surface area contributed by atoms with Crippen molar-refractivity contribution in [1.29, 1.82) is 0 Å². The highest BCUT2D eigenvalue weighted by atomic mass is 32.2. The zero-order valence-corrected chi connectivity index (χ0v) is 20.7. The molecular weight excluding hydrogens is 478 g/mol. The number of benzene rings is 1. The van der Waals surface area contributed by atoms with Gasteiger partial charge in [-0.25, -0.2) is 28.4 Å². The van der Waals surface area contributed by atoms with Gasteiger partial charge in [0.15, 0.2) is 21.7 Å².